The fraction of sp³-hybridized carbons (Fsp3) is 0.353. The molecule has 1 fully saturated rings. The SMILES string of the molecule is Cc1nc(C(=O)N2CCOC2C(N)=O)c(-c2ccc(C)c(C)c2)s1. The average Bonchev–Trinajstić information content (AvgIpc) is 3.16. The van der Waals surface area contributed by atoms with Crippen LogP contribution in [0.5, 0.6) is 0 Å². The monoisotopic (exact) mass is 345 g/mol. The first-order valence-electron chi connectivity index (χ1n) is 7.65. The zero-order valence-electron chi connectivity index (χ0n) is 13.8. The van der Waals surface area contributed by atoms with E-state index in [4.69, 9.17) is 10.5 Å². The quantitative estimate of drug-likeness (QED) is 0.922. The van der Waals surface area contributed by atoms with E-state index in [1.165, 1.54) is 21.8 Å². The van der Waals surface area contributed by atoms with Crippen molar-refractivity contribution < 1.29 is 14.3 Å². The van der Waals surface area contributed by atoms with Gasteiger partial charge >= 0.3 is 0 Å². The normalized spacial score (nSPS) is 17.3. The number of carbonyl (C=O) groups excluding carboxylic acids is 2. The zero-order chi connectivity index (χ0) is 17.4. The van der Waals surface area contributed by atoms with Crippen LogP contribution in [0.3, 0.4) is 0 Å². The molecular formula is C17H19N3O3S. The van der Waals surface area contributed by atoms with Gasteiger partial charge in [-0.25, -0.2) is 4.98 Å². The Labute approximate surface area is 144 Å². The van der Waals surface area contributed by atoms with Gasteiger partial charge in [0.2, 0.25) is 6.23 Å². The molecule has 24 heavy (non-hydrogen) atoms. The third-order valence-corrected chi connectivity index (χ3v) is 5.12. The summed E-state index contributed by atoms with van der Waals surface area (Å²) < 4.78 is 5.26. The van der Waals surface area contributed by atoms with Crippen LogP contribution < -0.4 is 5.73 Å². The first-order valence-corrected chi connectivity index (χ1v) is 8.47. The van der Waals surface area contributed by atoms with Crippen LogP contribution >= 0.6 is 11.3 Å². The highest BCUT2D eigenvalue weighted by Crippen LogP contribution is 2.32. The van der Waals surface area contributed by atoms with Crippen molar-refractivity contribution in [2.24, 2.45) is 5.73 Å². The summed E-state index contributed by atoms with van der Waals surface area (Å²) in [6.07, 6.45) is -1.02. The van der Waals surface area contributed by atoms with Crippen molar-refractivity contribution in [2.75, 3.05) is 13.2 Å². The molecule has 0 bridgehead atoms. The first-order chi connectivity index (χ1) is 11.4. The molecule has 2 amide bonds. The number of ether oxygens (including phenoxy) is 1. The van der Waals surface area contributed by atoms with Gasteiger partial charge in [0, 0.05) is 6.54 Å². The predicted molar refractivity (Wildman–Crippen MR) is 91.7 cm³/mol. The fourth-order valence-corrected chi connectivity index (χ4v) is 3.61. The summed E-state index contributed by atoms with van der Waals surface area (Å²) in [6, 6.07) is 6.06. The summed E-state index contributed by atoms with van der Waals surface area (Å²) in [5, 5.41) is 0.794. The predicted octanol–water partition coefficient (Wildman–Crippen LogP) is 2.02. The van der Waals surface area contributed by atoms with E-state index < -0.39 is 12.1 Å². The Morgan fingerprint density at radius 1 is 1.29 bits per heavy atom. The molecule has 1 aliphatic rings. The number of nitrogens with zero attached hydrogens (tertiary/aromatic N) is 2. The van der Waals surface area contributed by atoms with Crippen molar-refractivity contribution >= 4 is 23.2 Å². The molecule has 0 spiro atoms. The van der Waals surface area contributed by atoms with Crippen molar-refractivity contribution in [2.45, 2.75) is 27.0 Å². The second kappa shape index (κ2) is 6.33. The summed E-state index contributed by atoms with van der Waals surface area (Å²) in [4.78, 5) is 30.9. The number of hydrogen-bond acceptors (Lipinski definition) is 5. The van der Waals surface area contributed by atoms with Crippen molar-refractivity contribution in [1.29, 1.82) is 0 Å². The number of amides is 2. The molecule has 0 aliphatic carbocycles. The van der Waals surface area contributed by atoms with E-state index in [0.717, 1.165) is 21.0 Å². The highest BCUT2D eigenvalue weighted by molar-refractivity contribution is 7.15. The summed E-state index contributed by atoms with van der Waals surface area (Å²) in [6.45, 7) is 6.56. The summed E-state index contributed by atoms with van der Waals surface area (Å²) in [5.41, 5.74) is 8.95. The van der Waals surface area contributed by atoms with Gasteiger partial charge < -0.3 is 15.4 Å². The molecular weight excluding hydrogens is 326 g/mol. The fourth-order valence-electron chi connectivity index (χ4n) is 2.70. The second-order valence-corrected chi connectivity index (χ2v) is 7.04. The maximum absolute atomic E-state index is 12.9. The van der Waals surface area contributed by atoms with Gasteiger partial charge in [0.05, 0.1) is 16.5 Å². The number of thiazole rings is 1. The summed E-state index contributed by atoms with van der Waals surface area (Å²) in [7, 11) is 0. The molecule has 2 heterocycles. The highest BCUT2D eigenvalue weighted by Gasteiger charge is 2.36. The van der Waals surface area contributed by atoms with Gasteiger partial charge in [0.25, 0.3) is 11.8 Å². The Morgan fingerprint density at radius 2 is 2.04 bits per heavy atom. The summed E-state index contributed by atoms with van der Waals surface area (Å²) in [5.74, 6) is -0.991. The van der Waals surface area contributed by atoms with E-state index in [1.54, 1.807) is 0 Å². The number of benzene rings is 1. The van der Waals surface area contributed by atoms with Gasteiger partial charge in [-0.1, -0.05) is 18.2 Å². The number of rotatable bonds is 3. The molecule has 0 saturated carbocycles. The van der Waals surface area contributed by atoms with Crippen molar-refractivity contribution in [3.05, 3.63) is 40.0 Å². The minimum Gasteiger partial charge on any atom is -0.366 e. The van der Waals surface area contributed by atoms with Crippen LogP contribution in [0, 0.1) is 20.8 Å². The van der Waals surface area contributed by atoms with Crippen molar-refractivity contribution in [1.82, 2.24) is 9.88 Å². The maximum Gasteiger partial charge on any atom is 0.276 e. The van der Waals surface area contributed by atoms with Gasteiger partial charge in [-0.15, -0.1) is 11.3 Å². The molecule has 2 aromatic rings. The number of aryl methyl sites for hydroxylation is 3. The molecule has 1 aromatic carbocycles. The van der Waals surface area contributed by atoms with Crippen molar-refractivity contribution in [3.63, 3.8) is 0 Å². The van der Waals surface area contributed by atoms with Crippen LogP contribution in [0.4, 0.5) is 0 Å². The molecule has 3 rings (SSSR count). The lowest BCUT2D eigenvalue weighted by molar-refractivity contribution is -0.131. The van der Waals surface area contributed by atoms with Gasteiger partial charge in [-0.3, -0.25) is 9.59 Å². The van der Waals surface area contributed by atoms with E-state index in [0.29, 0.717) is 18.8 Å². The first kappa shape index (κ1) is 16.6. The smallest absolute Gasteiger partial charge is 0.276 e. The van der Waals surface area contributed by atoms with Gasteiger partial charge in [-0.05, 0) is 37.5 Å². The Balaban J connectivity index is 2.01. The van der Waals surface area contributed by atoms with E-state index in [2.05, 4.69) is 4.98 Å². The number of carbonyl (C=O) groups is 2. The van der Waals surface area contributed by atoms with Crippen LogP contribution in [0.2, 0.25) is 0 Å². The number of primary amides is 1. The number of hydrogen-bond donors (Lipinski definition) is 1. The average molecular weight is 345 g/mol. The van der Waals surface area contributed by atoms with Crippen molar-refractivity contribution in [3.8, 4) is 10.4 Å². The Bertz CT molecular complexity index is 815. The third-order valence-electron chi connectivity index (χ3n) is 4.10. The second-order valence-electron chi connectivity index (χ2n) is 5.83. The van der Waals surface area contributed by atoms with Gasteiger partial charge in [0.15, 0.2) is 0 Å². The molecule has 7 heteroatoms. The number of nitrogens with two attached hydrogens (primary N) is 1. The standard InChI is InChI=1S/C17H19N3O3S/c1-9-4-5-12(8-10(9)2)14-13(19-11(3)24-14)16(22)20-6-7-23-17(20)15(18)21/h4-5,8,17H,6-7H2,1-3H3,(H2,18,21). The number of aromatic nitrogens is 1. The van der Waals surface area contributed by atoms with Crippen LogP contribution in [-0.2, 0) is 9.53 Å². The van der Waals surface area contributed by atoms with Crippen LogP contribution in [0.1, 0.15) is 26.6 Å². The van der Waals surface area contributed by atoms with Gasteiger partial charge in [0.1, 0.15) is 5.69 Å². The molecule has 2 N–H and O–H groups in total. The van der Waals surface area contributed by atoms with E-state index in [-0.39, 0.29) is 5.91 Å². The molecule has 1 atom stereocenters. The van der Waals surface area contributed by atoms with E-state index >= 15 is 0 Å². The lowest BCUT2D eigenvalue weighted by Crippen LogP contribution is -2.44. The Kier molecular flexibility index (Phi) is 4.38. The third kappa shape index (κ3) is 2.92. The van der Waals surface area contributed by atoms with Crippen LogP contribution in [0.25, 0.3) is 10.4 Å². The lowest BCUT2D eigenvalue weighted by Gasteiger charge is -2.20. The highest BCUT2D eigenvalue weighted by atomic mass is 32.1. The van der Waals surface area contributed by atoms with Crippen LogP contribution in [0.15, 0.2) is 18.2 Å². The maximum atomic E-state index is 12.9. The minimum atomic E-state index is -1.02. The largest absolute Gasteiger partial charge is 0.366 e. The minimum absolute atomic E-state index is 0.293. The van der Waals surface area contributed by atoms with Gasteiger partial charge in [-0.2, -0.15) is 0 Å². The Morgan fingerprint density at radius 3 is 2.71 bits per heavy atom. The van der Waals surface area contributed by atoms with Crippen LogP contribution in [-0.4, -0.2) is 41.1 Å². The topological polar surface area (TPSA) is 85.5 Å². The molecule has 6 nitrogen and oxygen atoms in total. The Hall–Kier alpha value is -2.25. The van der Waals surface area contributed by atoms with E-state index in [9.17, 15) is 9.59 Å². The summed E-state index contributed by atoms with van der Waals surface area (Å²) >= 11 is 1.46. The lowest BCUT2D eigenvalue weighted by atomic mass is 10.0. The molecule has 1 saturated heterocycles. The molecule has 1 aromatic heterocycles. The molecule has 0 radical (unpaired) electrons. The van der Waals surface area contributed by atoms with E-state index in [1.807, 2.05) is 39.0 Å². The zero-order valence-corrected chi connectivity index (χ0v) is 14.6. The molecule has 1 unspecified atom stereocenters. The molecule has 1 aliphatic heterocycles. The molecule has 126 valence electrons.